The Morgan fingerprint density at radius 2 is 1.39 bits per heavy atom. The van der Waals surface area contributed by atoms with Gasteiger partial charge in [0.25, 0.3) is 0 Å². The summed E-state index contributed by atoms with van der Waals surface area (Å²) in [5, 5.41) is 114. The van der Waals surface area contributed by atoms with Gasteiger partial charge < -0.3 is 84.3 Å². The highest BCUT2D eigenvalue weighted by Crippen LogP contribution is 2.45. The Labute approximate surface area is 275 Å². The van der Waals surface area contributed by atoms with Crippen molar-refractivity contribution in [1.29, 1.82) is 0 Å². The van der Waals surface area contributed by atoms with Crippen molar-refractivity contribution in [3.8, 4) is 28.6 Å². The van der Waals surface area contributed by atoms with Crippen LogP contribution in [0, 0.1) is 0 Å². The van der Waals surface area contributed by atoms with Crippen LogP contribution in [0.25, 0.3) is 22.3 Å². The van der Waals surface area contributed by atoms with Crippen LogP contribution in [0.3, 0.4) is 0 Å². The van der Waals surface area contributed by atoms with E-state index in [0.717, 1.165) is 12.1 Å². The van der Waals surface area contributed by atoms with E-state index in [1.54, 1.807) is 0 Å². The molecule has 2 aromatic carbocycles. The van der Waals surface area contributed by atoms with Gasteiger partial charge in [0.2, 0.25) is 6.29 Å². The van der Waals surface area contributed by atoms with E-state index in [4.69, 9.17) is 28.1 Å². The molecule has 11 N–H and O–H groups in total. The van der Waals surface area contributed by atoms with Gasteiger partial charge in [-0.15, -0.1) is 0 Å². The molecule has 1 aromatic heterocycles. The van der Waals surface area contributed by atoms with Gasteiger partial charge in [0.05, 0.1) is 25.4 Å². The Bertz CT molecular complexity index is 1680. The molecular formula is C31H36O18. The lowest BCUT2D eigenvalue weighted by Gasteiger charge is -2.43. The molecular weight excluding hydrogens is 660 g/mol. The average molecular weight is 697 g/mol. The quantitative estimate of drug-likeness (QED) is 0.110. The van der Waals surface area contributed by atoms with E-state index < -0.39 is 127 Å². The second-order valence-corrected chi connectivity index (χ2v) is 12.0. The van der Waals surface area contributed by atoms with Crippen LogP contribution in [0.5, 0.6) is 17.2 Å². The predicted molar refractivity (Wildman–Crippen MR) is 159 cm³/mol. The molecule has 0 aliphatic carbocycles. The summed E-state index contributed by atoms with van der Waals surface area (Å²) < 4.78 is 34.3. The Kier molecular flexibility index (Phi) is 10.1. The van der Waals surface area contributed by atoms with E-state index >= 15 is 0 Å². The molecule has 4 heterocycles. The van der Waals surface area contributed by atoms with Gasteiger partial charge in [-0.25, -0.2) is 0 Å². The number of aromatic hydroxyl groups is 2. The first-order chi connectivity index (χ1) is 23.3. The zero-order valence-electron chi connectivity index (χ0n) is 25.4. The van der Waals surface area contributed by atoms with Crippen LogP contribution < -0.4 is 10.2 Å². The van der Waals surface area contributed by atoms with Crippen LogP contribution in [-0.2, 0) is 18.9 Å². The van der Waals surface area contributed by atoms with Crippen molar-refractivity contribution < 1.29 is 84.3 Å². The third-order valence-electron chi connectivity index (χ3n) is 8.79. The van der Waals surface area contributed by atoms with Crippen LogP contribution >= 0.6 is 0 Å². The predicted octanol–water partition coefficient (Wildman–Crippen LogP) is -3.33. The molecule has 3 aliphatic rings. The first-order valence-electron chi connectivity index (χ1n) is 15.2. The van der Waals surface area contributed by atoms with Crippen molar-refractivity contribution in [1.82, 2.24) is 0 Å². The van der Waals surface area contributed by atoms with Crippen molar-refractivity contribution in [3.63, 3.8) is 0 Å². The van der Waals surface area contributed by atoms with Gasteiger partial charge in [0.15, 0.2) is 17.8 Å². The SMILES string of the molecule is O=c1cc(-c2ccc(O)cc2)oc2cc(O[C@H]3O[C@H](CO)[C@@H](O)[C@H](O)[C@H]3O[C@@H]3O[C@H](CO)[C@H](O)[C@H]3O)c([C@@H]3OC[C@H](O)[C@H](O)[C@H]3O)c(O)c12. The number of fused-ring (bicyclic) bond motifs is 1. The number of hydrogen-bond acceptors (Lipinski definition) is 18. The van der Waals surface area contributed by atoms with Gasteiger partial charge in [-0.2, -0.15) is 0 Å². The molecule has 6 rings (SSSR count). The first-order valence-corrected chi connectivity index (χ1v) is 15.2. The Morgan fingerprint density at radius 1 is 0.755 bits per heavy atom. The highest BCUT2D eigenvalue weighted by molar-refractivity contribution is 5.88. The number of benzene rings is 2. The maximum Gasteiger partial charge on any atom is 0.229 e. The largest absolute Gasteiger partial charge is 0.508 e. The monoisotopic (exact) mass is 696 g/mol. The summed E-state index contributed by atoms with van der Waals surface area (Å²) in [7, 11) is 0. The zero-order valence-corrected chi connectivity index (χ0v) is 25.4. The van der Waals surface area contributed by atoms with Gasteiger partial charge in [-0.05, 0) is 24.3 Å². The number of hydrogen-bond donors (Lipinski definition) is 11. The summed E-state index contributed by atoms with van der Waals surface area (Å²) in [4.78, 5) is 13.4. The van der Waals surface area contributed by atoms with Gasteiger partial charge in [0.1, 0.15) is 95.0 Å². The van der Waals surface area contributed by atoms with Gasteiger partial charge in [-0.1, -0.05) is 0 Å². The molecule has 3 aromatic rings. The van der Waals surface area contributed by atoms with E-state index in [-0.39, 0.29) is 17.1 Å². The van der Waals surface area contributed by atoms with Crippen molar-refractivity contribution in [3.05, 3.63) is 52.2 Å². The molecule has 3 saturated heterocycles. The lowest BCUT2D eigenvalue weighted by Crippen LogP contribution is -2.62. The number of aliphatic hydroxyl groups is 9. The molecule has 0 unspecified atom stereocenters. The fourth-order valence-corrected chi connectivity index (χ4v) is 6.05. The molecule has 18 nitrogen and oxygen atoms in total. The topological polar surface area (TPSA) is 299 Å². The van der Waals surface area contributed by atoms with Crippen LogP contribution in [0.4, 0.5) is 0 Å². The van der Waals surface area contributed by atoms with Crippen molar-refractivity contribution in [2.75, 3.05) is 19.8 Å². The lowest BCUT2D eigenvalue weighted by atomic mass is 9.92. The van der Waals surface area contributed by atoms with Crippen molar-refractivity contribution >= 4 is 11.0 Å². The van der Waals surface area contributed by atoms with Crippen LogP contribution in [0.2, 0.25) is 0 Å². The summed E-state index contributed by atoms with van der Waals surface area (Å²) in [5.74, 6) is -1.34. The summed E-state index contributed by atoms with van der Waals surface area (Å²) in [6.45, 7) is -2.07. The smallest absolute Gasteiger partial charge is 0.229 e. The van der Waals surface area contributed by atoms with Crippen LogP contribution in [0.1, 0.15) is 11.7 Å². The van der Waals surface area contributed by atoms with Crippen molar-refractivity contribution in [2.45, 2.75) is 79.7 Å². The van der Waals surface area contributed by atoms with Crippen LogP contribution in [-0.4, -0.2) is 150 Å². The third-order valence-corrected chi connectivity index (χ3v) is 8.79. The number of aliphatic hydroxyl groups excluding tert-OH is 9. The highest BCUT2D eigenvalue weighted by Gasteiger charge is 2.52. The van der Waals surface area contributed by atoms with Gasteiger partial charge >= 0.3 is 0 Å². The first kappa shape index (κ1) is 35.4. The van der Waals surface area contributed by atoms with Crippen LogP contribution in [0.15, 0.2) is 45.6 Å². The minimum absolute atomic E-state index is 0.00137. The molecule has 268 valence electrons. The second kappa shape index (κ2) is 14.0. The summed E-state index contributed by atoms with van der Waals surface area (Å²) in [5.41, 5.74) is -1.13. The number of phenolic OH excluding ortho intramolecular Hbond substituents is 2. The Morgan fingerprint density at radius 3 is 2.04 bits per heavy atom. The molecule has 0 spiro atoms. The lowest BCUT2D eigenvalue weighted by molar-refractivity contribution is -0.321. The molecule has 49 heavy (non-hydrogen) atoms. The fraction of sp³-hybridized carbons (Fsp3) is 0.516. The minimum atomic E-state index is -1.91. The molecule has 3 fully saturated rings. The fourth-order valence-electron chi connectivity index (χ4n) is 6.05. The molecule has 3 aliphatic heterocycles. The standard InChI is InChI=1S/C31H36O18/c32-7-17-22(38)26(42)29(49-30-27(43)23(39)18(8-33)47-30)31(48-17)46-16-6-15-19(12(35)5-14(45-15)10-1-3-11(34)4-2-10)24(40)20(16)28-25(41)21(37)13(36)9-44-28/h1-6,13,17-18,21-23,25-34,36-43H,7-9H2/t13-,17+,18+,21-,22+,23-,25+,26-,27+,28-,29+,30-,31-/m0/s1. The Balaban J connectivity index is 1.47. The number of ether oxygens (including phenoxy) is 5. The maximum atomic E-state index is 13.4. The molecule has 18 heteroatoms. The maximum absolute atomic E-state index is 13.4. The minimum Gasteiger partial charge on any atom is -0.508 e. The van der Waals surface area contributed by atoms with E-state index in [2.05, 4.69) is 0 Å². The van der Waals surface area contributed by atoms with Gasteiger partial charge in [0, 0.05) is 17.7 Å². The molecule has 0 amide bonds. The van der Waals surface area contributed by atoms with E-state index in [1.807, 2.05) is 0 Å². The average Bonchev–Trinajstić information content (AvgIpc) is 3.35. The van der Waals surface area contributed by atoms with Gasteiger partial charge in [-0.3, -0.25) is 4.79 Å². The number of phenols is 2. The zero-order chi connectivity index (χ0) is 35.3. The molecule has 13 atom stereocenters. The van der Waals surface area contributed by atoms with E-state index in [0.29, 0.717) is 5.56 Å². The summed E-state index contributed by atoms with van der Waals surface area (Å²) >= 11 is 0. The molecule has 0 radical (unpaired) electrons. The molecule has 0 bridgehead atoms. The summed E-state index contributed by atoms with van der Waals surface area (Å²) in [6, 6.07) is 7.78. The third kappa shape index (κ3) is 6.48. The molecule has 0 saturated carbocycles. The normalized spacial score (nSPS) is 36.6. The Hall–Kier alpha value is -3.47. The summed E-state index contributed by atoms with van der Waals surface area (Å²) in [6.07, 6.45) is -22.0. The van der Waals surface area contributed by atoms with Crippen molar-refractivity contribution in [2.24, 2.45) is 0 Å². The van der Waals surface area contributed by atoms with E-state index in [1.165, 1.54) is 24.3 Å². The second-order valence-electron chi connectivity index (χ2n) is 12.0. The number of rotatable bonds is 8. The highest BCUT2D eigenvalue weighted by atomic mass is 16.8. The van der Waals surface area contributed by atoms with E-state index in [9.17, 15) is 61.0 Å².